The second-order valence-electron chi connectivity index (χ2n) is 3.57. The van der Waals surface area contributed by atoms with E-state index in [9.17, 15) is 4.39 Å². The van der Waals surface area contributed by atoms with Gasteiger partial charge >= 0.3 is 0 Å². The van der Waals surface area contributed by atoms with Gasteiger partial charge in [0.15, 0.2) is 0 Å². The second-order valence-corrected chi connectivity index (χ2v) is 5.58. The summed E-state index contributed by atoms with van der Waals surface area (Å²) < 4.78 is 14.5. The Kier molecular flexibility index (Phi) is 4.20. The molecule has 1 heterocycles. The van der Waals surface area contributed by atoms with Crippen LogP contribution in [-0.2, 0) is 0 Å². The van der Waals surface area contributed by atoms with E-state index in [1.165, 1.54) is 6.07 Å². The lowest BCUT2D eigenvalue weighted by atomic mass is 10.0. The molecule has 0 aliphatic rings. The van der Waals surface area contributed by atoms with Crippen LogP contribution in [0.1, 0.15) is 17.2 Å². The van der Waals surface area contributed by atoms with Crippen LogP contribution >= 0.6 is 38.9 Å². The molecule has 0 saturated carbocycles. The third kappa shape index (κ3) is 2.71. The Bertz CT molecular complexity index is 529. The predicted octanol–water partition coefficient (Wildman–Crippen LogP) is 4.61. The number of thiophene rings is 1. The Morgan fingerprint density at radius 3 is 2.71 bits per heavy atom. The van der Waals surface area contributed by atoms with Gasteiger partial charge in [0.2, 0.25) is 0 Å². The molecule has 0 aliphatic heterocycles. The summed E-state index contributed by atoms with van der Waals surface area (Å²) in [6.07, 6.45) is 0. The van der Waals surface area contributed by atoms with E-state index in [2.05, 4.69) is 21.2 Å². The first kappa shape index (κ1) is 13.0. The summed E-state index contributed by atoms with van der Waals surface area (Å²) in [4.78, 5) is 0. The van der Waals surface area contributed by atoms with Crippen molar-refractivity contribution in [2.45, 2.75) is 6.04 Å². The fourth-order valence-electron chi connectivity index (χ4n) is 1.69. The van der Waals surface area contributed by atoms with Gasteiger partial charge in [0.05, 0.1) is 11.1 Å². The standard InChI is InChI=1S/C12H10BrClFNS/c1-16-12(8-5-17-6-9(8)13)7-2-3-10(14)11(15)4-7/h2-6,12,16H,1H3. The monoisotopic (exact) mass is 333 g/mol. The van der Waals surface area contributed by atoms with E-state index < -0.39 is 5.82 Å². The lowest BCUT2D eigenvalue weighted by Crippen LogP contribution is -2.17. The van der Waals surface area contributed by atoms with E-state index in [-0.39, 0.29) is 11.1 Å². The van der Waals surface area contributed by atoms with Gasteiger partial charge in [-0.05, 0) is 51.6 Å². The Morgan fingerprint density at radius 2 is 2.18 bits per heavy atom. The van der Waals surface area contributed by atoms with E-state index in [0.717, 1.165) is 15.6 Å². The van der Waals surface area contributed by atoms with Gasteiger partial charge in [0, 0.05) is 9.85 Å². The molecular formula is C12H10BrClFNS. The molecule has 2 aromatic rings. The van der Waals surface area contributed by atoms with Gasteiger partial charge in [-0.25, -0.2) is 4.39 Å². The van der Waals surface area contributed by atoms with Gasteiger partial charge in [0.25, 0.3) is 0 Å². The lowest BCUT2D eigenvalue weighted by molar-refractivity contribution is 0.617. The van der Waals surface area contributed by atoms with Gasteiger partial charge in [-0.1, -0.05) is 17.7 Å². The van der Waals surface area contributed by atoms with Crippen molar-refractivity contribution >= 4 is 38.9 Å². The molecule has 1 unspecified atom stereocenters. The zero-order valence-electron chi connectivity index (χ0n) is 9.01. The summed E-state index contributed by atoms with van der Waals surface area (Å²) >= 11 is 10.8. The summed E-state index contributed by atoms with van der Waals surface area (Å²) in [6, 6.07) is 4.84. The number of hydrogen-bond donors (Lipinski definition) is 1. The first-order valence-corrected chi connectivity index (χ1v) is 7.08. The van der Waals surface area contributed by atoms with Crippen molar-refractivity contribution in [2.75, 3.05) is 7.05 Å². The van der Waals surface area contributed by atoms with Crippen molar-refractivity contribution in [1.29, 1.82) is 0 Å². The predicted molar refractivity (Wildman–Crippen MR) is 74.3 cm³/mol. The Morgan fingerprint density at radius 1 is 1.41 bits per heavy atom. The smallest absolute Gasteiger partial charge is 0.142 e. The van der Waals surface area contributed by atoms with Gasteiger partial charge in [-0.2, -0.15) is 11.3 Å². The fraction of sp³-hybridized carbons (Fsp3) is 0.167. The number of benzene rings is 1. The van der Waals surface area contributed by atoms with Crippen LogP contribution in [0.25, 0.3) is 0 Å². The normalized spacial score (nSPS) is 12.7. The fourth-order valence-corrected chi connectivity index (χ4v) is 3.36. The molecule has 1 atom stereocenters. The summed E-state index contributed by atoms with van der Waals surface area (Å²) in [5.74, 6) is -0.393. The number of nitrogens with one attached hydrogen (secondary N) is 1. The van der Waals surface area contributed by atoms with Crippen molar-refractivity contribution in [3.05, 3.63) is 55.4 Å². The highest BCUT2D eigenvalue weighted by Crippen LogP contribution is 2.32. The van der Waals surface area contributed by atoms with E-state index in [0.29, 0.717) is 0 Å². The zero-order valence-corrected chi connectivity index (χ0v) is 12.2. The first-order valence-electron chi connectivity index (χ1n) is 4.97. The molecule has 0 aliphatic carbocycles. The molecule has 1 N–H and O–H groups in total. The molecule has 1 nitrogen and oxygen atoms in total. The number of halogens is 3. The molecule has 0 radical (unpaired) electrons. The zero-order chi connectivity index (χ0) is 12.4. The van der Waals surface area contributed by atoms with Crippen molar-refractivity contribution in [2.24, 2.45) is 0 Å². The highest BCUT2D eigenvalue weighted by atomic mass is 79.9. The minimum atomic E-state index is -0.393. The lowest BCUT2D eigenvalue weighted by Gasteiger charge is -2.16. The third-order valence-corrected chi connectivity index (χ3v) is 4.58. The van der Waals surface area contributed by atoms with Crippen LogP contribution in [0.2, 0.25) is 5.02 Å². The molecule has 90 valence electrons. The molecule has 1 aromatic carbocycles. The minimum Gasteiger partial charge on any atom is -0.309 e. The van der Waals surface area contributed by atoms with E-state index in [1.807, 2.05) is 23.9 Å². The van der Waals surface area contributed by atoms with Crippen LogP contribution < -0.4 is 5.32 Å². The molecule has 17 heavy (non-hydrogen) atoms. The summed E-state index contributed by atoms with van der Waals surface area (Å²) in [6.45, 7) is 0. The van der Waals surface area contributed by atoms with Crippen molar-refractivity contribution < 1.29 is 4.39 Å². The maximum atomic E-state index is 13.4. The van der Waals surface area contributed by atoms with Gasteiger partial charge in [0.1, 0.15) is 5.82 Å². The molecule has 5 heteroatoms. The largest absolute Gasteiger partial charge is 0.309 e. The molecule has 0 saturated heterocycles. The molecule has 0 spiro atoms. The van der Waals surface area contributed by atoms with Crippen molar-refractivity contribution in [3.63, 3.8) is 0 Å². The van der Waals surface area contributed by atoms with Crippen LogP contribution in [0.5, 0.6) is 0 Å². The van der Waals surface area contributed by atoms with Crippen LogP contribution in [0.3, 0.4) is 0 Å². The number of rotatable bonds is 3. The highest BCUT2D eigenvalue weighted by Gasteiger charge is 2.16. The summed E-state index contributed by atoms with van der Waals surface area (Å²) in [7, 11) is 1.85. The molecular weight excluding hydrogens is 325 g/mol. The first-order chi connectivity index (χ1) is 8.13. The quantitative estimate of drug-likeness (QED) is 0.864. The van der Waals surface area contributed by atoms with Crippen molar-refractivity contribution in [3.8, 4) is 0 Å². The summed E-state index contributed by atoms with van der Waals surface area (Å²) in [5.41, 5.74) is 1.95. The van der Waals surface area contributed by atoms with Crippen molar-refractivity contribution in [1.82, 2.24) is 5.32 Å². The maximum absolute atomic E-state index is 13.4. The molecule has 0 amide bonds. The van der Waals surface area contributed by atoms with E-state index in [1.54, 1.807) is 17.4 Å². The van der Waals surface area contributed by atoms with Crippen LogP contribution in [0, 0.1) is 5.82 Å². The van der Waals surface area contributed by atoms with Crippen LogP contribution in [0.4, 0.5) is 4.39 Å². The van der Waals surface area contributed by atoms with Crippen LogP contribution in [-0.4, -0.2) is 7.05 Å². The average Bonchev–Trinajstić information content (AvgIpc) is 2.71. The Balaban J connectivity index is 2.42. The molecule has 1 aromatic heterocycles. The molecule has 2 rings (SSSR count). The SMILES string of the molecule is CNC(c1ccc(Cl)c(F)c1)c1cscc1Br. The molecule has 0 bridgehead atoms. The van der Waals surface area contributed by atoms with Gasteiger partial charge < -0.3 is 5.32 Å². The third-order valence-electron chi connectivity index (χ3n) is 2.52. The highest BCUT2D eigenvalue weighted by molar-refractivity contribution is 9.10. The Hall–Kier alpha value is -0.420. The Labute approximate surface area is 117 Å². The van der Waals surface area contributed by atoms with E-state index in [4.69, 9.17) is 11.6 Å². The maximum Gasteiger partial charge on any atom is 0.142 e. The molecule has 0 fully saturated rings. The summed E-state index contributed by atoms with van der Waals surface area (Å²) in [5, 5.41) is 7.37. The van der Waals surface area contributed by atoms with Crippen LogP contribution in [0.15, 0.2) is 33.4 Å². The minimum absolute atomic E-state index is 0.0395. The average molecular weight is 335 g/mol. The second kappa shape index (κ2) is 5.48. The van der Waals surface area contributed by atoms with Gasteiger partial charge in [-0.15, -0.1) is 0 Å². The van der Waals surface area contributed by atoms with E-state index >= 15 is 0 Å². The van der Waals surface area contributed by atoms with Gasteiger partial charge in [-0.3, -0.25) is 0 Å². The topological polar surface area (TPSA) is 12.0 Å². The number of hydrogen-bond acceptors (Lipinski definition) is 2.